The van der Waals surface area contributed by atoms with Gasteiger partial charge >= 0.3 is 5.97 Å². The first-order valence-corrected chi connectivity index (χ1v) is 10.4. The highest BCUT2D eigenvalue weighted by Gasteiger charge is 2.27. The van der Waals surface area contributed by atoms with Gasteiger partial charge in [0.25, 0.3) is 5.91 Å². The molecule has 1 aromatic carbocycles. The third-order valence-electron chi connectivity index (χ3n) is 6.05. The number of rotatable bonds is 3. The summed E-state index contributed by atoms with van der Waals surface area (Å²) in [5.74, 6) is 0.521. The van der Waals surface area contributed by atoms with Gasteiger partial charge in [-0.15, -0.1) is 0 Å². The van der Waals surface area contributed by atoms with Gasteiger partial charge in [0.1, 0.15) is 0 Å². The Morgan fingerprint density at radius 2 is 2.00 bits per heavy atom. The summed E-state index contributed by atoms with van der Waals surface area (Å²) in [6.07, 6.45) is 4.96. The first-order chi connectivity index (χ1) is 13.5. The van der Waals surface area contributed by atoms with Gasteiger partial charge in [0.15, 0.2) is 6.61 Å². The van der Waals surface area contributed by atoms with Crippen LogP contribution >= 0.6 is 0 Å². The minimum Gasteiger partial charge on any atom is -0.452 e. The van der Waals surface area contributed by atoms with E-state index in [1.54, 1.807) is 0 Å². The van der Waals surface area contributed by atoms with Crippen LogP contribution in [0.5, 0.6) is 0 Å². The monoisotopic (exact) mass is 380 g/mol. The van der Waals surface area contributed by atoms with E-state index in [9.17, 15) is 9.59 Å². The number of nitrogens with zero attached hydrogens (tertiary/aromatic N) is 2. The number of carbonyl (C=O) groups excluding carboxylic acids is 2. The van der Waals surface area contributed by atoms with Crippen LogP contribution in [0.25, 0.3) is 10.9 Å². The number of ether oxygens (including phenoxy) is 1. The number of piperidine rings is 1. The van der Waals surface area contributed by atoms with Crippen LogP contribution in [0, 0.1) is 11.8 Å². The van der Waals surface area contributed by atoms with Gasteiger partial charge in [-0.3, -0.25) is 9.78 Å². The summed E-state index contributed by atoms with van der Waals surface area (Å²) in [6, 6.07) is 7.71. The van der Waals surface area contributed by atoms with Crippen molar-refractivity contribution in [2.75, 3.05) is 19.7 Å². The minimum atomic E-state index is -0.401. The fraction of sp³-hybridized carbons (Fsp3) is 0.522. The van der Waals surface area contributed by atoms with Crippen molar-refractivity contribution in [1.29, 1.82) is 0 Å². The zero-order valence-corrected chi connectivity index (χ0v) is 16.7. The highest BCUT2D eigenvalue weighted by Crippen LogP contribution is 2.32. The molecular formula is C23H28N2O3. The summed E-state index contributed by atoms with van der Waals surface area (Å²) < 4.78 is 5.53. The highest BCUT2D eigenvalue weighted by molar-refractivity contribution is 6.05. The quantitative estimate of drug-likeness (QED) is 0.761. The van der Waals surface area contributed by atoms with Crippen molar-refractivity contribution in [1.82, 2.24) is 9.88 Å². The molecule has 28 heavy (non-hydrogen) atoms. The molecule has 0 radical (unpaired) electrons. The normalized spacial score (nSPS) is 22.0. The molecule has 2 atom stereocenters. The predicted octanol–water partition coefficient (Wildman–Crippen LogP) is 3.77. The van der Waals surface area contributed by atoms with Gasteiger partial charge in [0.05, 0.1) is 11.1 Å². The van der Waals surface area contributed by atoms with Gasteiger partial charge in [-0.1, -0.05) is 32.0 Å². The third-order valence-corrected chi connectivity index (χ3v) is 6.05. The van der Waals surface area contributed by atoms with E-state index in [4.69, 9.17) is 9.72 Å². The molecule has 148 valence electrons. The molecule has 2 heterocycles. The van der Waals surface area contributed by atoms with Crippen LogP contribution in [0.15, 0.2) is 24.3 Å². The van der Waals surface area contributed by atoms with Crippen molar-refractivity contribution in [3.63, 3.8) is 0 Å². The van der Waals surface area contributed by atoms with Crippen LogP contribution in [0.1, 0.15) is 54.7 Å². The van der Waals surface area contributed by atoms with Crippen LogP contribution in [0.3, 0.4) is 0 Å². The first kappa shape index (κ1) is 18.9. The lowest BCUT2D eigenvalue weighted by Crippen LogP contribution is -2.41. The van der Waals surface area contributed by atoms with Crippen molar-refractivity contribution in [3.05, 3.63) is 41.1 Å². The number of aromatic nitrogens is 1. The molecule has 1 fully saturated rings. The summed E-state index contributed by atoms with van der Waals surface area (Å²) in [7, 11) is 0. The Balaban J connectivity index is 1.58. The number of likely N-dealkylation sites (tertiary alicyclic amines) is 1. The Bertz CT molecular complexity index is 908. The molecule has 0 bridgehead atoms. The Hall–Kier alpha value is -2.43. The molecule has 1 aliphatic heterocycles. The maximum Gasteiger partial charge on any atom is 0.339 e. The second kappa shape index (κ2) is 7.90. The van der Waals surface area contributed by atoms with Gasteiger partial charge in [-0.2, -0.15) is 0 Å². The van der Waals surface area contributed by atoms with Gasteiger partial charge < -0.3 is 9.64 Å². The van der Waals surface area contributed by atoms with Gasteiger partial charge in [0, 0.05) is 24.2 Å². The average Bonchev–Trinajstić information content (AvgIpc) is 2.70. The second-order valence-electron chi connectivity index (χ2n) is 8.44. The van der Waals surface area contributed by atoms with E-state index in [1.165, 1.54) is 0 Å². The Morgan fingerprint density at radius 3 is 2.82 bits per heavy atom. The lowest BCUT2D eigenvalue weighted by Gasteiger charge is -2.30. The van der Waals surface area contributed by atoms with Crippen LogP contribution in [-0.4, -0.2) is 41.5 Å². The van der Waals surface area contributed by atoms with Crippen molar-refractivity contribution in [2.45, 2.75) is 46.0 Å². The lowest BCUT2D eigenvalue weighted by atomic mass is 9.84. The molecule has 1 aliphatic carbocycles. The number of amides is 1. The van der Waals surface area contributed by atoms with E-state index in [-0.39, 0.29) is 12.5 Å². The average molecular weight is 380 g/mol. The molecule has 1 amide bonds. The van der Waals surface area contributed by atoms with E-state index in [2.05, 4.69) is 13.8 Å². The molecule has 0 N–H and O–H groups in total. The smallest absolute Gasteiger partial charge is 0.339 e. The van der Waals surface area contributed by atoms with Crippen LogP contribution in [0.4, 0.5) is 0 Å². The first-order valence-electron chi connectivity index (χ1n) is 10.4. The molecule has 0 spiro atoms. The maximum absolute atomic E-state index is 13.1. The second-order valence-corrected chi connectivity index (χ2v) is 8.44. The number of benzene rings is 1. The Kier molecular flexibility index (Phi) is 5.33. The van der Waals surface area contributed by atoms with E-state index in [1.807, 2.05) is 29.2 Å². The molecule has 5 nitrogen and oxygen atoms in total. The zero-order chi connectivity index (χ0) is 19.7. The Morgan fingerprint density at radius 1 is 1.18 bits per heavy atom. The molecule has 4 rings (SSSR count). The fourth-order valence-corrected chi connectivity index (χ4v) is 4.50. The minimum absolute atomic E-state index is 0.0968. The lowest BCUT2D eigenvalue weighted by molar-refractivity contribution is -0.136. The molecule has 2 aromatic rings. The summed E-state index contributed by atoms with van der Waals surface area (Å²) in [5, 5.41) is 0.819. The third kappa shape index (κ3) is 3.75. The van der Waals surface area contributed by atoms with Crippen LogP contribution < -0.4 is 0 Å². The molecular weight excluding hydrogens is 352 g/mol. The number of fused-ring (bicyclic) bond motifs is 2. The Labute approximate surface area is 166 Å². The van der Waals surface area contributed by atoms with E-state index < -0.39 is 5.97 Å². The summed E-state index contributed by atoms with van der Waals surface area (Å²) in [4.78, 5) is 32.2. The number of hydrogen-bond donors (Lipinski definition) is 0. The number of esters is 1. The SMILES string of the molecule is C[C@@H]1CCc2nc3ccccc3c(C(=O)OCC(=O)N3CCC[C@H](C)C3)c2C1. The van der Waals surface area contributed by atoms with E-state index in [0.29, 0.717) is 17.4 Å². The summed E-state index contributed by atoms with van der Waals surface area (Å²) >= 11 is 0. The highest BCUT2D eigenvalue weighted by atomic mass is 16.5. The van der Waals surface area contributed by atoms with Gasteiger partial charge in [-0.05, 0) is 55.6 Å². The van der Waals surface area contributed by atoms with Crippen molar-refractivity contribution in [2.24, 2.45) is 11.8 Å². The number of aryl methyl sites for hydroxylation is 1. The van der Waals surface area contributed by atoms with Crippen LogP contribution in [0.2, 0.25) is 0 Å². The summed E-state index contributed by atoms with van der Waals surface area (Å²) in [5.41, 5.74) is 3.42. The molecule has 5 heteroatoms. The fourth-order valence-electron chi connectivity index (χ4n) is 4.50. The maximum atomic E-state index is 13.1. The predicted molar refractivity (Wildman–Crippen MR) is 108 cm³/mol. The van der Waals surface area contributed by atoms with E-state index in [0.717, 1.165) is 67.4 Å². The standard InChI is InChI=1S/C23H28N2O3/c1-15-9-10-20-18(12-15)22(17-7-3-4-8-19(17)24-20)23(27)28-14-21(26)25-11-5-6-16(2)13-25/h3-4,7-8,15-16H,5-6,9-14H2,1-2H3/t15-,16+/m1/s1. The van der Waals surface area contributed by atoms with Gasteiger partial charge in [0.2, 0.25) is 0 Å². The molecule has 1 saturated heterocycles. The van der Waals surface area contributed by atoms with Crippen molar-refractivity contribution in [3.8, 4) is 0 Å². The molecule has 0 saturated carbocycles. The largest absolute Gasteiger partial charge is 0.452 e. The number of pyridine rings is 1. The van der Waals surface area contributed by atoms with Crippen molar-refractivity contribution < 1.29 is 14.3 Å². The number of hydrogen-bond acceptors (Lipinski definition) is 4. The number of carbonyl (C=O) groups is 2. The molecule has 0 unspecified atom stereocenters. The van der Waals surface area contributed by atoms with Gasteiger partial charge in [-0.25, -0.2) is 4.79 Å². The van der Waals surface area contributed by atoms with E-state index >= 15 is 0 Å². The number of para-hydroxylation sites is 1. The van der Waals surface area contributed by atoms with Crippen molar-refractivity contribution >= 4 is 22.8 Å². The summed E-state index contributed by atoms with van der Waals surface area (Å²) in [6.45, 7) is 5.68. The molecule has 1 aromatic heterocycles. The zero-order valence-electron chi connectivity index (χ0n) is 16.7. The topological polar surface area (TPSA) is 59.5 Å². The molecule has 2 aliphatic rings. The van der Waals surface area contributed by atoms with Crippen LogP contribution in [-0.2, 0) is 22.4 Å².